The summed E-state index contributed by atoms with van der Waals surface area (Å²) in [5.41, 5.74) is 5.95. The number of aromatic nitrogens is 9. The van der Waals surface area contributed by atoms with Crippen LogP contribution in [-0.4, -0.2) is 62.6 Å². The Morgan fingerprint density at radius 2 is 0.833 bits per heavy atom. The van der Waals surface area contributed by atoms with E-state index in [0.717, 1.165) is 67.6 Å². The van der Waals surface area contributed by atoms with E-state index in [1.54, 1.807) is 69.1 Å². The van der Waals surface area contributed by atoms with Gasteiger partial charge in [0.25, 0.3) is 16.7 Å². The molecule has 0 unspecified atom stereocenters. The topological polar surface area (TPSA) is 215 Å². The van der Waals surface area contributed by atoms with Gasteiger partial charge in [0.2, 0.25) is 0 Å². The van der Waals surface area contributed by atoms with Crippen molar-refractivity contribution in [3.8, 4) is 0 Å². The number of nitrogens with one attached hydrogen (secondary N) is 3. The maximum absolute atomic E-state index is 12.8. The van der Waals surface area contributed by atoms with Crippen molar-refractivity contribution in [2.24, 2.45) is 0 Å². The summed E-state index contributed by atoms with van der Waals surface area (Å²) in [4.78, 5) is 75.3. The lowest BCUT2D eigenvalue weighted by molar-refractivity contribution is 0.101. The summed E-state index contributed by atoms with van der Waals surface area (Å²) in [6.45, 7) is 29.0. The van der Waals surface area contributed by atoms with E-state index in [-0.39, 0.29) is 28.0 Å². The summed E-state index contributed by atoms with van der Waals surface area (Å²) >= 11 is 2.06. The number of hydrogen-bond acceptors (Lipinski definition) is 15. The number of pyridine rings is 9. The Kier molecular flexibility index (Phi) is 20.6. The summed E-state index contributed by atoms with van der Waals surface area (Å²) in [5, 5.41) is 12.0. The first-order valence-electron chi connectivity index (χ1n) is 25.3. The molecule has 0 atom stereocenters. The summed E-state index contributed by atoms with van der Waals surface area (Å²) in [6.07, 6.45) is 10.5. The maximum Gasteiger partial charge on any atom is 0.264 e. The lowest BCUT2D eigenvalue weighted by Gasteiger charge is -2.14. The number of aryl methyl sites for hydroxylation is 6. The number of hydrogen-bond donors (Lipinski definition) is 3. The Balaban J connectivity index is 0.000000180. The largest absolute Gasteiger partial charge is 0.499 e. The molecule has 404 valence electrons. The van der Waals surface area contributed by atoms with Crippen molar-refractivity contribution in [1.29, 1.82) is 0 Å². The minimum absolute atomic E-state index is 0.0289. The van der Waals surface area contributed by atoms with Gasteiger partial charge in [-0.2, -0.15) is 0 Å². The average molecular weight is 1170 g/mol. The number of nitrogens with zero attached hydrogens (tertiary/aromatic N) is 9. The van der Waals surface area contributed by atoms with Gasteiger partial charge in [0.05, 0.1) is 50.2 Å². The van der Waals surface area contributed by atoms with E-state index in [1.807, 2.05) is 117 Å². The highest BCUT2D eigenvalue weighted by atomic mass is 127. The van der Waals surface area contributed by atoms with E-state index in [9.17, 15) is 19.2 Å². The maximum atomic E-state index is 12.8. The van der Waals surface area contributed by atoms with Gasteiger partial charge >= 0.3 is 0 Å². The molecule has 9 rings (SSSR count). The number of halogens is 1. The number of rotatable bonds is 15. The normalized spacial score (nSPS) is 10.6. The molecule has 0 aromatic carbocycles. The van der Waals surface area contributed by atoms with Crippen molar-refractivity contribution in [2.45, 2.75) is 88.9 Å². The van der Waals surface area contributed by atoms with E-state index >= 15 is 0 Å². The lowest BCUT2D eigenvalue weighted by Crippen LogP contribution is -2.25. The molecule has 78 heavy (non-hydrogen) atoms. The van der Waals surface area contributed by atoms with Crippen LogP contribution in [0.5, 0.6) is 0 Å². The van der Waals surface area contributed by atoms with Gasteiger partial charge in [-0.3, -0.25) is 19.2 Å². The van der Waals surface area contributed by atoms with Crippen LogP contribution in [0.4, 0.5) is 34.9 Å². The quantitative estimate of drug-likeness (QED) is 0.0494. The van der Waals surface area contributed by atoms with Crippen LogP contribution in [0.2, 0.25) is 0 Å². The highest BCUT2D eigenvalue weighted by Gasteiger charge is 2.15. The van der Waals surface area contributed by atoms with Gasteiger partial charge in [0, 0.05) is 91.2 Å². The molecule has 0 amide bonds. The van der Waals surface area contributed by atoms with Crippen LogP contribution in [0.1, 0.15) is 81.1 Å². The second kappa shape index (κ2) is 27.5. The number of carbonyl (C=O) groups excluding carboxylic acids is 1. The van der Waals surface area contributed by atoms with Gasteiger partial charge in [-0.25, -0.2) is 29.9 Å². The third-order valence-electron chi connectivity index (χ3n) is 11.7. The van der Waals surface area contributed by atoms with Crippen LogP contribution in [0.15, 0.2) is 143 Å². The zero-order valence-electron chi connectivity index (χ0n) is 45.7. The molecular formula is C59H65IN12O6. The third-order valence-corrected chi connectivity index (χ3v) is 12.5. The fraction of sp³-hybridized carbons (Fsp3) is 0.254. The molecule has 0 bridgehead atoms. The molecule has 0 fully saturated rings. The van der Waals surface area contributed by atoms with Crippen molar-refractivity contribution in [3.63, 3.8) is 0 Å². The Labute approximate surface area is 466 Å². The first-order valence-corrected chi connectivity index (χ1v) is 26.4. The molecule has 0 spiro atoms. The molecule has 19 heteroatoms. The number of fused-ring (bicyclic) bond motifs is 3. The van der Waals surface area contributed by atoms with Crippen molar-refractivity contribution < 1.29 is 14.3 Å². The minimum atomic E-state index is -0.275. The summed E-state index contributed by atoms with van der Waals surface area (Å²) in [6, 6.07) is 22.4. The predicted molar refractivity (Wildman–Crippen MR) is 322 cm³/mol. The van der Waals surface area contributed by atoms with E-state index in [0.29, 0.717) is 70.2 Å². The molecule has 0 aliphatic rings. The van der Waals surface area contributed by atoms with Gasteiger partial charge in [0.1, 0.15) is 40.7 Å². The monoisotopic (exact) mass is 1160 g/mol. The molecule has 9 aromatic rings. The first-order chi connectivity index (χ1) is 37.4. The number of anilines is 6. The zero-order valence-corrected chi connectivity index (χ0v) is 47.9. The van der Waals surface area contributed by atoms with Crippen molar-refractivity contribution in [1.82, 2.24) is 43.6 Å². The number of ether oxygens (including phenoxy) is 2. The van der Waals surface area contributed by atoms with Crippen LogP contribution in [-0.2, 0) is 29.1 Å². The van der Waals surface area contributed by atoms with Crippen molar-refractivity contribution in [3.05, 3.63) is 191 Å². The molecule has 3 N–H and O–H groups in total. The number of Topliss-reactive ketones (excluding diaryl/α,β-unsaturated/α-hetero) is 1. The smallest absolute Gasteiger partial charge is 0.264 e. The number of ketones is 1. The highest BCUT2D eigenvalue weighted by Crippen LogP contribution is 2.24. The average Bonchev–Trinajstić information content (AvgIpc) is 3.42. The van der Waals surface area contributed by atoms with E-state index in [2.05, 4.69) is 81.6 Å². The molecule has 18 nitrogen and oxygen atoms in total. The Bertz CT molecular complexity index is 3780. The van der Waals surface area contributed by atoms with E-state index in [1.165, 1.54) is 6.92 Å². The fourth-order valence-electron chi connectivity index (χ4n) is 7.90. The van der Waals surface area contributed by atoms with Crippen LogP contribution in [0.25, 0.3) is 38.5 Å². The molecule has 0 saturated carbocycles. The standard InChI is InChI=1S/C20H22N4O2.C18H18N4O2.C16H15IN4O.C5H10O/c1-5-24-17-10-19(23-18-8-7-13(3)11-21-18)22-12-15(17)9-16(20(24)25)14(4)26-6-2;1-4-22-15-8-17(21-16-6-5-11(2)9-19-16)20-10-13(15)7-14(12(3)23)18(22)24;1-3-21-13-7-15(20-14-5-4-10(2)8-18-14)19-9-11(13)6-12(17)16(21)22;1-4-6-5(2)3/h7-12H,4-6H2,1-3H3,(H,21,22,23);5-10H,4H2,1-3H3,(H,19,20,21);4-9H,3H2,1-2H3,(H,18,19,20);2,4H2,1,3H3. The molecule has 0 aliphatic carbocycles. The van der Waals surface area contributed by atoms with E-state index in [4.69, 9.17) is 9.47 Å². The molecule has 9 aromatic heterocycles. The van der Waals surface area contributed by atoms with Gasteiger partial charge in [-0.1, -0.05) is 31.4 Å². The van der Waals surface area contributed by atoms with Gasteiger partial charge in [-0.05, 0) is 145 Å². The van der Waals surface area contributed by atoms with Gasteiger partial charge < -0.3 is 39.1 Å². The van der Waals surface area contributed by atoms with Crippen molar-refractivity contribution >= 4 is 102 Å². The number of allylic oxidation sites excluding steroid dienone is 1. The fourth-order valence-corrected chi connectivity index (χ4v) is 8.52. The molecule has 9 heterocycles. The van der Waals surface area contributed by atoms with Gasteiger partial charge in [0.15, 0.2) is 5.78 Å². The van der Waals surface area contributed by atoms with Gasteiger partial charge in [-0.15, -0.1) is 0 Å². The lowest BCUT2D eigenvalue weighted by atomic mass is 10.1. The molecule has 0 aliphatic heterocycles. The summed E-state index contributed by atoms with van der Waals surface area (Å²) < 4.78 is 16.0. The third kappa shape index (κ3) is 15.1. The second-order valence-electron chi connectivity index (χ2n) is 17.7. The first kappa shape index (κ1) is 58.7. The van der Waals surface area contributed by atoms with Crippen LogP contribution < -0.4 is 32.6 Å². The number of carbonyl (C=O) groups is 1. The van der Waals surface area contributed by atoms with Crippen LogP contribution >= 0.6 is 22.6 Å². The van der Waals surface area contributed by atoms with Crippen molar-refractivity contribution in [2.75, 3.05) is 29.2 Å². The summed E-state index contributed by atoms with van der Waals surface area (Å²) in [7, 11) is 0. The van der Waals surface area contributed by atoms with Crippen LogP contribution in [0.3, 0.4) is 0 Å². The zero-order chi connectivity index (χ0) is 56.6. The Morgan fingerprint density at radius 3 is 1.15 bits per heavy atom. The Hall–Kier alpha value is -8.59. The molecule has 0 saturated heterocycles. The Morgan fingerprint density at radius 1 is 0.487 bits per heavy atom. The minimum Gasteiger partial charge on any atom is -0.499 e. The highest BCUT2D eigenvalue weighted by molar-refractivity contribution is 14.1. The van der Waals surface area contributed by atoms with E-state index < -0.39 is 0 Å². The summed E-state index contributed by atoms with van der Waals surface area (Å²) in [5.74, 6) is 4.94. The predicted octanol–water partition coefficient (Wildman–Crippen LogP) is 12.0. The van der Waals surface area contributed by atoms with Crippen LogP contribution in [0, 0.1) is 24.3 Å². The SMILES string of the molecule is C=C(C)OCC.C=C(OCC)c1cc2cnc(Nc3ccc(C)cn3)cc2n(CC)c1=O.CCn1c(=O)c(C(C)=O)cc2cnc(Nc3ccc(C)cn3)cc21.CCn1c(=O)c(I)cc2cnc(Nc3ccc(C)cn3)cc21. The second-order valence-corrected chi connectivity index (χ2v) is 18.9. The molecular weight excluding hydrogens is 1100 g/mol. The molecule has 0 radical (unpaired) electrons.